The van der Waals surface area contributed by atoms with Crippen LogP contribution in [0.3, 0.4) is 0 Å². The molecule has 0 aliphatic rings. The molecule has 1 aromatic rings. The Hall–Kier alpha value is -0.390. The molecule has 0 saturated heterocycles. The third-order valence-electron chi connectivity index (χ3n) is 2.02. The molecule has 0 spiro atoms. The summed E-state index contributed by atoms with van der Waals surface area (Å²) in [6.07, 6.45) is 0. The highest BCUT2D eigenvalue weighted by molar-refractivity contribution is 6.31. The van der Waals surface area contributed by atoms with Gasteiger partial charge in [0.1, 0.15) is 5.82 Å². The van der Waals surface area contributed by atoms with Gasteiger partial charge in [0.15, 0.2) is 0 Å². The SMILES string of the molecule is OCCOCCNCc1c(F)cccc1Cl.[Cl-]. The maximum absolute atomic E-state index is 13.3. The molecule has 98 valence electrons. The number of benzene rings is 1. The molecule has 0 heterocycles. The van der Waals surface area contributed by atoms with Crippen LogP contribution in [0.5, 0.6) is 0 Å². The Bertz CT molecular complexity index is 306. The van der Waals surface area contributed by atoms with Gasteiger partial charge in [-0.05, 0) is 12.1 Å². The minimum Gasteiger partial charge on any atom is -1.00 e. The van der Waals surface area contributed by atoms with Gasteiger partial charge >= 0.3 is 0 Å². The summed E-state index contributed by atoms with van der Waals surface area (Å²) in [4.78, 5) is 0. The van der Waals surface area contributed by atoms with Crippen LogP contribution in [0.2, 0.25) is 5.02 Å². The molecule has 2 N–H and O–H groups in total. The van der Waals surface area contributed by atoms with E-state index in [1.165, 1.54) is 6.07 Å². The highest BCUT2D eigenvalue weighted by Gasteiger charge is 2.05. The van der Waals surface area contributed by atoms with Crippen molar-refractivity contribution in [2.75, 3.05) is 26.4 Å². The number of rotatable bonds is 7. The van der Waals surface area contributed by atoms with E-state index in [0.29, 0.717) is 36.9 Å². The summed E-state index contributed by atoms with van der Waals surface area (Å²) in [6, 6.07) is 4.61. The van der Waals surface area contributed by atoms with Crippen LogP contribution in [0.1, 0.15) is 5.56 Å². The van der Waals surface area contributed by atoms with Gasteiger partial charge in [-0.3, -0.25) is 0 Å². The van der Waals surface area contributed by atoms with Gasteiger partial charge in [-0.15, -0.1) is 0 Å². The van der Waals surface area contributed by atoms with E-state index in [1.807, 2.05) is 0 Å². The Balaban J connectivity index is 0.00000256. The predicted octanol–water partition coefficient (Wildman–Crippen LogP) is -1.42. The Morgan fingerprint density at radius 2 is 2.12 bits per heavy atom. The summed E-state index contributed by atoms with van der Waals surface area (Å²) in [5.41, 5.74) is 0.464. The van der Waals surface area contributed by atoms with Crippen LogP contribution in [-0.2, 0) is 11.3 Å². The van der Waals surface area contributed by atoms with Crippen LogP contribution in [-0.4, -0.2) is 31.5 Å². The number of hydrogen-bond acceptors (Lipinski definition) is 3. The zero-order valence-electron chi connectivity index (χ0n) is 9.26. The maximum atomic E-state index is 13.3. The maximum Gasteiger partial charge on any atom is 0.129 e. The van der Waals surface area contributed by atoms with Crippen molar-refractivity contribution in [1.29, 1.82) is 0 Å². The third-order valence-corrected chi connectivity index (χ3v) is 2.38. The molecule has 1 aromatic carbocycles. The monoisotopic (exact) mass is 282 g/mol. The first-order valence-electron chi connectivity index (χ1n) is 5.08. The lowest BCUT2D eigenvalue weighted by Gasteiger charge is -2.07. The molecule has 0 saturated carbocycles. The van der Waals surface area contributed by atoms with Gasteiger partial charge in [0, 0.05) is 23.7 Å². The van der Waals surface area contributed by atoms with E-state index in [2.05, 4.69) is 5.32 Å². The number of hydrogen-bond donors (Lipinski definition) is 2. The fourth-order valence-corrected chi connectivity index (χ4v) is 1.46. The van der Waals surface area contributed by atoms with E-state index in [1.54, 1.807) is 12.1 Å². The molecule has 0 unspecified atom stereocenters. The molecule has 0 fully saturated rings. The number of aliphatic hydroxyl groups excluding tert-OH is 1. The van der Waals surface area contributed by atoms with Crippen LogP contribution in [0, 0.1) is 5.82 Å². The minimum atomic E-state index is -0.309. The third kappa shape index (κ3) is 6.19. The van der Waals surface area contributed by atoms with Crippen LogP contribution in [0.15, 0.2) is 18.2 Å². The van der Waals surface area contributed by atoms with E-state index < -0.39 is 0 Å². The molecule has 1 rings (SSSR count). The second kappa shape index (κ2) is 9.62. The van der Waals surface area contributed by atoms with Gasteiger partial charge < -0.3 is 27.6 Å². The van der Waals surface area contributed by atoms with E-state index in [-0.39, 0.29) is 24.8 Å². The highest BCUT2D eigenvalue weighted by Crippen LogP contribution is 2.18. The first-order valence-corrected chi connectivity index (χ1v) is 5.45. The Morgan fingerprint density at radius 3 is 2.76 bits per heavy atom. The summed E-state index contributed by atoms with van der Waals surface area (Å²) in [5, 5.41) is 11.9. The van der Waals surface area contributed by atoms with Gasteiger partial charge in [0.2, 0.25) is 0 Å². The van der Waals surface area contributed by atoms with Crippen LogP contribution >= 0.6 is 11.6 Å². The second-order valence-corrected chi connectivity index (χ2v) is 3.62. The molecule has 0 aliphatic carbocycles. The van der Waals surface area contributed by atoms with Crippen molar-refractivity contribution in [3.63, 3.8) is 0 Å². The fraction of sp³-hybridized carbons (Fsp3) is 0.455. The lowest BCUT2D eigenvalue weighted by molar-refractivity contribution is -0.00000500. The van der Waals surface area contributed by atoms with Gasteiger partial charge in [0.05, 0.1) is 19.8 Å². The zero-order chi connectivity index (χ0) is 11.8. The lowest BCUT2D eigenvalue weighted by Crippen LogP contribution is -3.00. The molecule has 0 aromatic heterocycles. The van der Waals surface area contributed by atoms with Gasteiger partial charge in [-0.1, -0.05) is 17.7 Å². The van der Waals surface area contributed by atoms with Crippen LogP contribution in [0.25, 0.3) is 0 Å². The molecule has 0 atom stereocenters. The van der Waals surface area contributed by atoms with Gasteiger partial charge in [-0.2, -0.15) is 0 Å². The number of ether oxygens (including phenoxy) is 1. The Morgan fingerprint density at radius 1 is 1.35 bits per heavy atom. The second-order valence-electron chi connectivity index (χ2n) is 3.21. The molecular weight excluding hydrogens is 268 g/mol. The molecule has 0 radical (unpaired) electrons. The summed E-state index contributed by atoms with van der Waals surface area (Å²) < 4.78 is 18.3. The summed E-state index contributed by atoms with van der Waals surface area (Å²) in [7, 11) is 0. The molecular formula is C11H15Cl2FNO2-. The standard InChI is InChI=1S/C11H15ClFNO2.ClH/c12-10-2-1-3-11(13)9(10)8-14-4-6-16-7-5-15;/h1-3,14-15H,4-8H2;1H/p-1. The van der Waals surface area contributed by atoms with E-state index in [0.717, 1.165) is 0 Å². The summed E-state index contributed by atoms with van der Waals surface area (Å²) >= 11 is 5.85. The van der Waals surface area contributed by atoms with Crippen molar-refractivity contribution < 1.29 is 26.6 Å². The quantitative estimate of drug-likeness (QED) is 0.604. The fourth-order valence-electron chi connectivity index (χ4n) is 1.23. The number of aliphatic hydroxyl groups is 1. The Labute approximate surface area is 111 Å². The average Bonchev–Trinajstić information content (AvgIpc) is 2.26. The molecule has 0 amide bonds. The van der Waals surface area contributed by atoms with Crippen LogP contribution < -0.4 is 17.7 Å². The van der Waals surface area contributed by atoms with E-state index >= 15 is 0 Å². The first kappa shape index (κ1) is 16.6. The average molecular weight is 283 g/mol. The topological polar surface area (TPSA) is 41.5 Å². The number of nitrogens with one attached hydrogen (secondary N) is 1. The van der Waals surface area contributed by atoms with Gasteiger partial charge in [0.25, 0.3) is 0 Å². The molecule has 6 heteroatoms. The zero-order valence-corrected chi connectivity index (χ0v) is 10.8. The molecule has 0 aliphatic heterocycles. The highest BCUT2D eigenvalue weighted by atomic mass is 35.5. The largest absolute Gasteiger partial charge is 1.00 e. The Kier molecular flexibility index (Phi) is 9.40. The first-order chi connectivity index (χ1) is 7.75. The molecule has 0 bridgehead atoms. The summed E-state index contributed by atoms with van der Waals surface area (Å²) in [5.74, 6) is -0.309. The van der Waals surface area contributed by atoms with Crippen molar-refractivity contribution in [1.82, 2.24) is 5.32 Å². The minimum absolute atomic E-state index is 0. The smallest absolute Gasteiger partial charge is 0.129 e. The van der Waals surface area contributed by atoms with Crippen molar-refractivity contribution in [2.24, 2.45) is 0 Å². The van der Waals surface area contributed by atoms with E-state index in [4.69, 9.17) is 21.4 Å². The van der Waals surface area contributed by atoms with Crippen LogP contribution in [0.4, 0.5) is 4.39 Å². The van der Waals surface area contributed by atoms with Crippen molar-refractivity contribution in [3.05, 3.63) is 34.6 Å². The van der Waals surface area contributed by atoms with Crippen molar-refractivity contribution in [3.8, 4) is 0 Å². The van der Waals surface area contributed by atoms with E-state index in [9.17, 15) is 4.39 Å². The molecule has 3 nitrogen and oxygen atoms in total. The summed E-state index contributed by atoms with van der Waals surface area (Å²) in [6.45, 7) is 1.77. The van der Waals surface area contributed by atoms with Crippen molar-refractivity contribution >= 4 is 11.6 Å². The number of halogens is 3. The van der Waals surface area contributed by atoms with Gasteiger partial charge in [-0.25, -0.2) is 4.39 Å². The lowest BCUT2D eigenvalue weighted by atomic mass is 10.2. The molecule has 17 heavy (non-hydrogen) atoms. The normalized spacial score (nSPS) is 10.1. The van der Waals surface area contributed by atoms with Crippen molar-refractivity contribution in [2.45, 2.75) is 6.54 Å². The predicted molar refractivity (Wildman–Crippen MR) is 61.0 cm³/mol.